The lowest BCUT2D eigenvalue weighted by Crippen LogP contribution is -2.46. The highest BCUT2D eigenvalue weighted by atomic mass is 19.1. The predicted octanol–water partition coefficient (Wildman–Crippen LogP) is 5.65. The standard InChI is InChI=1S/C38H35F3N8O3/c1-4-27-30(40)10-9-22-12-26(50)13-28(32(22)27)34-33(41)35-29(17-44-34)36(48-11-7-6-8-24(19-48)45-31(51)5-2)47-37(46-35)52-20-38(3)14-23(39)18-49(38)25-15-42-21-43-16-25/h1,5,9-10,12-13,15-17,21,23-24,50H,2,6-8,11,14,18-20H2,3H3,(H,45,51)/t23-,24?,38+/m1/s1. The fourth-order valence-corrected chi connectivity index (χ4v) is 7.26. The number of phenolic OH excluding ortho intramolecular Hbond substituents is 1. The smallest absolute Gasteiger partial charge is 0.319 e. The van der Waals surface area contributed by atoms with Crippen molar-refractivity contribution in [2.24, 2.45) is 0 Å². The number of anilines is 2. The number of pyridine rings is 1. The monoisotopic (exact) mass is 708 g/mol. The lowest BCUT2D eigenvalue weighted by Gasteiger charge is -2.35. The molecular formula is C38H35F3N8O3. The number of alkyl halides is 1. The molecule has 11 nitrogen and oxygen atoms in total. The molecule has 5 heterocycles. The van der Waals surface area contributed by atoms with Crippen LogP contribution in [-0.4, -0.2) is 79.9 Å². The van der Waals surface area contributed by atoms with Crippen molar-refractivity contribution in [3.8, 4) is 35.4 Å². The van der Waals surface area contributed by atoms with Gasteiger partial charge in [0.25, 0.3) is 0 Å². The van der Waals surface area contributed by atoms with Crippen molar-refractivity contribution in [1.82, 2.24) is 30.2 Å². The summed E-state index contributed by atoms with van der Waals surface area (Å²) >= 11 is 0. The lowest BCUT2D eigenvalue weighted by atomic mass is 9.96. The first-order valence-corrected chi connectivity index (χ1v) is 16.8. The van der Waals surface area contributed by atoms with Crippen LogP contribution in [0.2, 0.25) is 0 Å². The van der Waals surface area contributed by atoms with Gasteiger partial charge in [0, 0.05) is 42.7 Å². The Morgan fingerprint density at radius 1 is 1.19 bits per heavy atom. The maximum atomic E-state index is 17.0. The Bertz CT molecular complexity index is 2230. The van der Waals surface area contributed by atoms with E-state index in [1.54, 1.807) is 12.4 Å². The first kappa shape index (κ1) is 34.5. The molecule has 1 amide bonds. The summed E-state index contributed by atoms with van der Waals surface area (Å²) in [5, 5.41) is 14.4. The molecule has 3 atom stereocenters. The first-order chi connectivity index (χ1) is 25.1. The summed E-state index contributed by atoms with van der Waals surface area (Å²) in [4.78, 5) is 37.9. The van der Waals surface area contributed by atoms with Gasteiger partial charge in [0.15, 0.2) is 5.82 Å². The molecule has 7 rings (SSSR count). The van der Waals surface area contributed by atoms with Crippen LogP contribution in [0.15, 0.2) is 61.8 Å². The molecule has 2 saturated heterocycles. The van der Waals surface area contributed by atoms with Gasteiger partial charge < -0.3 is 25.0 Å². The van der Waals surface area contributed by atoms with Gasteiger partial charge >= 0.3 is 6.01 Å². The summed E-state index contributed by atoms with van der Waals surface area (Å²) < 4.78 is 53.1. The number of carbonyl (C=O) groups excluding carboxylic acids is 1. The first-order valence-electron chi connectivity index (χ1n) is 16.8. The number of rotatable bonds is 8. The van der Waals surface area contributed by atoms with E-state index in [1.807, 2.05) is 16.7 Å². The highest BCUT2D eigenvalue weighted by Gasteiger charge is 2.44. The van der Waals surface area contributed by atoms with Gasteiger partial charge in [-0.3, -0.25) is 9.78 Å². The Morgan fingerprint density at radius 3 is 2.77 bits per heavy atom. The lowest BCUT2D eigenvalue weighted by molar-refractivity contribution is -0.117. The summed E-state index contributed by atoms with van der Waals surface area (Å²) in [7, 11) is 0. The fraction of sp³-hybridized carbons (Fsp3) is 0.316. The number of carbonyl (C=O) groups is 1. The normalized spacial score (nSPS) is 20.4. The molecule has 14 heteroatoms. The number of phenols is 1. The number of hydrogen-bond donors (Lipinski definition) is 2. The van der Waals surface area contributed by atoms with Crippen LogP contribution in [0.5, 0.6) is 11.8 Å². The number of benzene rings is 2. The van der Waals surface area contributed by atoms with E-state index in [2.05, 4.69) is 37.8 Å². The summed E-state index contributed by atoms with van der Waals surface area (Å²) in [6, 6.07) is 4.88. The van der Waals surface area contributed by atoms with E-state index in [0.29, 0.717) is 36.4 Å². The molecule has 0 spiro atoms. The number of ether oxygens (including phenoxy) is 1. The summed E-state index contributed by atoms with van der Waals surface area (Å²) in [5.41, 5.74) is -0.652. The third-order valence-corrected chi connectivity index (χ3v) is 9.66. The number of amides is 1. The minimum absolute atomic E-state index is 0.0627. The van der Waals surface area contributed by atoms with E-state index in [9.17, 15) is 18.7 Å². The molecule has 0 saturated carbocycles. The number of nitrogens with one attached hydrogen (secondary N) is 1. The fourth-order valence-electron chi connectivity index (χ4n) is 7.26. The zero-order valence-corrected chi connectivity index (χ0v) is 28.3. The predicted molar refractivity (Wildman–Crippen MR) is 191 cm³/mol. The number of nitrogens with zero attached hydrogens (tertiary/aromatic N) is 7. The van der Waals surface area contributed by atoms with E-state index in [0.717, 1.165) is 12.8 Å². The second kappa shape index (κ2) is 14.0. The molecule has 2 fully saturated rings. The van der Waals surface area contributed by atoms with Crippen LogP contribution in [0.25, 0.3) is 32.9 Å². The number of terminal acetylenes is 1. The van der Waals surface area contributed by atoms with E-state index in [4.69, 9.17) is 16.1 Å². The quantitative estimate of drug-likeness (QED) is 0.154. The van der Waals surface area contributed by atoms with E-state index in [1.165, 1.54) is 42.9 Å². The van der Waals surface area contributed by atoms with Crippen molar-refractivity contribution in [3.05, 3.63) is 79.0 Å². The molecule has 0 aliphatic carbocycles. The maximum absolute atomic E-state index is 17.0. The van der Waals surface area contributed by atoms with Crippen molar-refractivity contribution in [2.45, 2.75) is 50.4 Å². The maximum Gasteiger partial charge on any atom is 0.319 e. The van der Waals surface area contributed by atoms with E-state index in [-0.39, 0.29) is 76.4 Å². The third kappa shape index (κ3) is 6.50. The SMILES string of the molecule is C#Cc1c(F)ccc2cc(O)cc(-c3ncc4c(N5CCCCC(NC(=O)C=C)C5)nc(OC[C@]5(C)C[C@@H](F)CN5c5cncnc5)nc4c3F)c12. The summed E-state index contributed by atoms with van der Waals surface area (Å²) in [6.07, 6.45) is 14.2. The van der Waals surface area contributed by atoms with Crippen LogP contribution in [-0.2, 0) is 4.79 Å². The Balaban J connectivity index is 1.36. The zero-order valence-electron chi connectivity index (χ0n) is 28.3. The largest absolute Gasteiger partial charge is 0.508 e. The van der Waals surface area contributed by atoms with Crippen LogP contribution >= 0.6 is 0 Å². The number of halogens is 3. The molecule has 52 heavy (non-hydrogen) atoms. The minimum atomic E-state index is -1.15. The molecular weight excluding hydrogens is 673 g/mol. The van der Waals surface area contributed by atoms with Gasteiger partial charge in [0.1, 0.15) is 47.7 Å². The average Bonchev–Trinajstić information content (AvgIpc) is 3.27. The van der Waals surface area contributed by atoms with Crippen LogP contribution in [0.4, 0.5) is 24.7 Å². The highest BCUT2D eigenvalue weighted by molar-refractivity contribution is 6.03. The van der Waals surface area contributed by atoms with Crippen molar-refractivity contribution in [3.63, 3.8) is 0 Å². The second-order valence-electron chi connectivity index (χ2n) is 13.3. The van der Waals surface area contributed by atoms with Crippen molar-refractivity contribution < 1.29 is 27.8 Å². The molecule has 3 aromatic heterocycles. The molecule has 5 aromatic rings. The average molecular weight is 709 g/mol. The van der Waals surface area contributed by atoms with Crippen LogP contribution in [0.1, 0.15) is 38.2 Å². The van der Waals surface area contributed by atoms with Crippen molar-refractivity contribution >= 4 is 39.1 Å². The molecule has 2 aromatic carbocycles. The van der Waals surface area contributed by atoms with E-state index >= 15 is 4.39 Å². The van der Waals surface area contributed by atoms with Crippen molar-refractivity contribution in [2.75, 3.05) is 36.0 Å². The number of aromatic nitrogens is 5. The summed E-state index contributed by atoms with van der Waals surface area (Å²) in [6.45, 7) is 6.32. The summed E-state index contributed by atoms with van der Waals surface area (Å²) in [5.74, 6) is 0.587. The Labute approximate surface area is 297 Å². The number of hydrogen-bond acceptors (Lipinski definition) is 10. The zero-order chi connectivity index (χ0) is 36.6. The van der Waals surface area contributed by atoms with Gasteiger partial charge in [0.05, 0.1) is 41.1 Å². The molecule has 1 unspecified atom stereocenters. The third-order valence-electron chi connectivity index (χ3n) is 9.66. The van der Waals surface area contributed by atoms with Crippen molar-refractivity contribution in [1.29, 1.82) is 0 Å². The molecule has 0 radical (unpaired) electrons. The topological polar surface area (TPSA) is 129 Å². The number of aromatic hydroxyl groups is 1. The molecule has 2 aliphatic heterocycles. The minimum Gasteiger partial charge on any atom is -0.508 e. The van der Waals surface area contributed by atoms with Gasteiger partial charge in [-0.25, -0.2) is 23.1 Å². The Kier molecular flexibility index (Phi) is 9.27. The van der Waals surface area contributed by atoms with Crippen LogP contribution in [0.3, 0.4) is 0 Å². The highest BCUT2D eigenvalue weighted by Crippen LogP contribution is 2.40. The van der Waals surface area contributed by atoms with Gasteiger partial charge in [0.2, 0.25) is 5.91 Å². The molecule has 2 aliphatic rings. The van der Waals surface area contributed by atoms with Gasteiger partial charge in [-0.1, -0.05) is 18.6 Å². The van der Waals surface area contributed by atoms with Gasteiger partial charge in [-0.2, -0.15) is 9.97 Å². The molecule has 266 valence electrons. The Hall–Kier alpha value is -5.97. The molecule has 0 bridgehead atoms. The van der Waals surface area contributed by atoms with Gasteiger partial charge in [-0.05, 0) is 55.8 Å². The molecule has 2 N–H and O–H groups in total. The number of fused-ring (bicyclic) bond motifs is 2. The second-order valence-corrected chi connectivity index (χ2v) is 13.3. The van der Waals surface area contributed by atoms with Crippen LogP contribution in [0, 0.1) is 24.0 Å². The van der Waals surface area contributed by atoms with Crippen LogP contribution < -0.4 is 19.9 Å². The van der Waals surface area contributed by atoms with Gasteiger partial charge in [-0.15, -0.1) is 6.42 Å². The van der Waals surface area contributed by atoms with E-state index < -0.39 is 23.3 Å². The Morgan fingerprint density at radius 2 is 2.00 bits per heavy atom.